The summed E-state index contributed by atoms with van der Waals surface area (Å²) >= 11 is 0. The summed E-state index contributed by atoms with van der Waals surface area (Å²) in [6.07, 6.45) is 1.79. The highest BCUT2D eigenvalue weighted by Crippen LogP contribution is 2.34. The fraction of sp³-hybridized carbons (Fsp3) is 0.238. The predicted molar refractivity (Wildman–Crippen MR) is 97.5 cm³/mol. The molecule has 0 radical (unpaired) electrons. The average molecular weight is 366 g/mol. The molecule has 2 heterocycles. The van der Waals surface area contributed by atoms with Crippen molar-refractivity contribution in [2.45, 2.75) is 18.9 Å². The lowest BCUT2D eigenvalue weighted by Crippen LogP contribution is -2.34. The summed E-state index contributed by atoms with van der Waals surface area (Å²) in [6, 6.07) is 13.4. The van der Waals surface area contributed by atoms with Gasteiger partial charge in [0.15, 0.2) is 5.76 Å². The third kappa shape index (κ3) is 3.24. The van der Waals surface area contributed by atoms with Crippen LogP contribution in [0.25, 0.3) is 11.3 Å². The molecule has 1 aliphatic heterocycles. The van der Waals surface area contributed by atoms with Crippen LogP contribution in [-0.2, 0) is 5.60 Å². The Bertz CT molecular complexity index is 966. The van der Waals surface area contributed by atoms with Gasteiger partial charge in [-0.2, -0.15) is 0 Å². The summed E-state index contributed by atoms with van der Waals surface area (Å²) in [4.78, 5) is 14.6. The van der Waals surface area contributed by atoms with E-state index in [-0.39, 0.29) is 18.3 Å². The van der Waals surface area contributed by atoms with Crippen LogP contribution < -0.4 is 0 Å². The molecule has 138 valence electrons. The molecule has 1 N–H and O–H groups in total. The maximum atomic E-state index is 13.2. The van der Waals surface area contributed by atoms with E-state index < -0.39 is 5.60 Å². The molecule has 1 amide bonds. The molecule has 1 atom stereocenters. The van der Waals surface area contributed by atoms with Crippen LogP contribution in [0.4, 0.5) is 4.39 Å². The van der Waals surface area contributed by atoms with Gasteiger partial charge in [-0.15, -0.1) is 0 Å². The van der Waals surface area contributed by atoms with Crippen LogP contribution in [0.5, 0.6) is 0 Å². The summed E-state index contributed by atoms with van der Waals surface area (Å²) in [5.41, 5.74) is 1.65. The molecule has 0 bridgehead atoms. The molecule has 1 aromatic heterocycles. The SMILES string of the molecule is Cc1ccc(-c2oncc2C(=O)N2CCC(O)(c3ccc(F)cc3)C2)cc1. The number of halogens is 1. The van der Waals surface area contributed by atoms with Crippen LogP contribution in [0.3, 0.4) is 0 Å². The van der Waals surface area contributed by atoms with E-state index in [2.05, 4.69) is 5.16 Å². The largest absolute Gasteiger partial charge is 0.383 e. The van der Waals surface area contributed by atoms with Gasteiger partial charge in [-0.1, -0.05) is 47.1 Å². The fourth-order valence-electron chi connectivity index (χ4n) is 3.44. The Morgan fingerprint density at radius 3 is 2.59 bits per heavy atom. The van der Waals surface area contributed by atoms with Crippen LogP contribution in [0.2, 0.25) is 0 Å². The van der Waals surface area contributed by atoms with Gasteiger partial charge < -0.3 is 14.5 Å². The van der Waals surface area contributed by atoms with E-state index in [1.165, 1.54) is 18.3 Å². The minimum Gasteiger partial charge on any atom is -0.383 e. The highest BCUT2D eigenvalue weighted by molar-refractivity contribution is 5.99. The molecule has 0 spiro atoms. The first kappa shape index (κ1) is 17.4. The standard InChI is InChI=1S/C21H19FN2O3/c1-14-2-4-15(5-3-14)19-18(12-23-27-19)20(25)24-11-10-21(26,13-24)16-6-8-17(22)9-7-16/h2-9,12,26H,10-11,13H2,1H3. The first-order chi connectivity index (χ1) is 13.0. The van der Waals surface area contributed by atoms with Gasteiger partial charge in [0.1, 0.15) is 17.0 Å². The molecule has 5 nitrogen and oxygen atoms in total. The van der Waals surface area contributed by atoms with Crippen LogP contribution in [0, 0.1) is 12.7 Å². The van der Waals surface area contributed by atoms with Crippen molar-refractivity contribution in [3.8, 4) is 11.3 Å². The molecule has 1 unspecified atom stereocenters. The van der Waals surface area contributed by atoms with Gasteiger partial charge in [0.25, 0.3) is 5.91 Å². The molecule has 1 aliphatic rings. The highest BCUT2D eigenvalue weighted by atomic mass is 19.1. The summed E-state index contributed by atoms with van der Waals surface area (Å²) in [6.45, 7) is 2.51. The molecular weight excluding hydrogens is 347 g/mol. The number of carbonyl (C=O) groups is 1. The molecule has 4 rings (SSSR count). The van der Waals surface area contributed by atoms with Gasteiger partial charge >= 0.3 is 0 Å². The van der Waals surface area contributed by atoms with Gasteiger partial charge in [0.05, 0.1) is 12.7 Å². The smallest absolute Gasteiger partial charge is 0.259 e. The monoisotopic (exact) mass is 366 g/mol. The molecule has 1 fully saturated rings. The zero-order chi connectivity index (χ0) is 19.0. The fourth-order valence-corrected chi connectivity index (χ4v) is 3.44. The topological polar surface area (TPSA) is 66.6 Å². The Morgan fingerprint density at radius 1 is 1.19 bits per heavy atom. The Hall–Kier alpha value is -2.99. The van der Waals surface area contributed by atoms with Crippen molar-refractivity contribution in [2.24, 2.45) is 0 Å². The maximum absolute atomic E-state index is 13.2. The van der Waals surface area contributed by atoms with E-state index in [1.807, 2.05) is 31.2 Å². The van der Waals surface area contributed by atoms with E-state index in [0.29, 0.717) is 29.9 Å². The molecule has 1 saturated heterocycles. The lowest BCUT2D eigenvalue weighted by molar-refractivity contribution is 0.0417. The minimum atomic E-state index is -1.19. The minimum absolute atomic E-state index is 0.135. The van der Waals surface area contributed by atoms with E-state index in [9.17, 15) is 14.3 Å². The molecule has 27 heavy (non-hydrogen) atoms. The van der Waals surface area contributed by atoms with Crippen LogP contribution in [-0.4, -0.2) is 34.2 Å². The van der Waals surface area contributed by atoms with Crippen molar-refractivity contribution in [2.75, 3.05) is 13.1 Å². The second-order valence-electron chi connectivity index (χ2n) is 6.95. The molecule has 0 aliphatic carbocycles. The number of nitrogens with zero attached hydrogens (tertiary/aromatic N) is 2. The van der Waals surface area contributed by atoms with Crippen molar-refractivity contribution in [1.82, 2.24) is 10.1 Å². The number of likely N-dealkylation sites (tertiary alicyclic amines) is 1. The second-order valence-corrected chi connectivity index (χ2v) is 6.95. The average Bonchev–Trinajstić information content (AvgIpc) is 3.30. The number of aliphatic hydroxyl groups is 1. The highest BCUT2D eigenvalue weighted by Gasteiger charge is 2.40. The predicted octanol–water partition coefficient (Wildman–Crippen LogP) is 3.52. The molecule has 2 aromatic carbocycles. The second kappa shape index (κ2) is 6.63. The quantitative estimate of drug-likeness (QED) is 0.770. The van der Waals surface area contributed by atoms with Crippen molar-refractivity contribution < 1.29 is 18.8 Å². The van der Waals surface area contributed by atoms with Gasteiger partial charge in [-0.25, -0.2) is 4.39 Å². The molecular formula is C21H19FN2O3. The summed E-state index contributed by atoms with van der Waals surface area (Å²) in [5.74, 6) is -0.192. The number of hydrogen-bond donors (Lipinski definition) is 1. The van der Waals surface area contributed by atoms with E-state index in [0.717, 1.165) is 11.1 Å². The van der Waals surface area contributed by atoms with Crippen molar-refractivity contribution in [3.63, 3.8) is 0 Å². The van der Waals surface area contributed by atoms with E-state index in [4.69, 9.17) is 4.52 Å². The summed E-state index contributed by atoms with van der Waals surface area (Å²) in [7, 11) is 0. The van der Waals surface area contributed by atoms with Crippen LogP contribution in [0.1, 0.15) is 27.9 Å². The number of aromatic nitrogens is 1. The molecule has 3 aromatic rings. The number of aryl methyl sites for hydroxylation is 1. The Labute approximate surface area is 156 Å². The first-order valence-electron chi connectivity index (χ1n) is 8.76. The van der Waals surface area contributed by atoms with Crippen molar-refractivity contribution in [1.29, 1.82) is 0 Å². The summed E-state index contributed by atoms with van der Waals surface area (Å²) in [5, 5.41) is 14.7. The Morgan fingerprint density at radius 2 is 1.89 bits per heavy atom. The van der Waals surface area contributed by atoms with Gasteiger partial charge in [0, 0.05) is 12.1 Å². The van der Waals surface area contributed by atoms with Gasteiger partial charge in [-0.05, 0) is 31.0 Å². The van der Waals surface area contributed by atoms with Crippen LogP contribution >= 0.6 is 0 Å². The molecule has 0 saturated carbocycles. The third-order valence-corrected chi connectivity index (χ3v) is 5.03. The van der Waals surface area contributed by atoms with Crippen LogP contribution in [0.15, 0.2) is 59.3 Å². The first-order valence-corrected chi connectivity index (χ1v) is 8.76. The lowest BCUT2D eigenvalue weighted by atomic mass is 9.93. The number of amides is 1. The normalized spacial score (nSPS) is 19.4. The Kier molecular flexibility index (Phi) is 4.28. The lowest BCUT2D eigenvalue weighted by Gasteiger charge is -2.24. The van der Waals surface area contributed by atoms with Crippen molar-refractivity contribution in [3.05, 3.63) is 77.2 Å². The van der Waals surface area contributed by atoms with E-state index in [1.54, 1.807) is 17.0 Å². The zero-order valence-electron chi connectivity index (χ0n) is 14.9. The summed E-state index contributed by atoms with van der Waals surface area (Å²) < 4.78 is 18.5. The number of β-amino-alcohol motifs (C(OH)–C–C–N with tert-alkyl or cyclic N) is 1. The third-order valence-electron chi connectivity index (χ3n) is 5.03. The number of hydrogen-bond acceptors (Lipinski definition) is 4. The number of carbonyl (C=O) groups excluding carboxylic acids is 1. The van der Waals surface area contributed by atoms with Gasteiger partial charge in [-0.3, -0.25) is 4.79 Å². The van der Waals surface area contributed by atoms with Crippen molar-refractivity contribution >= 4 is 5.91 Å². The number of benzene rings is 2. The number of rotatable bonds is 3. The van der Waals surface area contributed by atoms with Gasteiger partial charge in [0.2, 0.25) is 0 Å². The zero-order valence-corrected chi connectivity index (χ0v) is 14.9. The van der Waals surface area contributed by atoms with E-state index >= 15 is 0 Å². The Balaban J connectivity index is 1.57. The molecule has 6 heteroatoms. The maximum Gasteiger partial charge on any atom is 0.259 e.